The van der Waals surface area contributed by atoms with Crippen LogP contribution in [0.1, 0.15) is 32.1 Å². The molecule has 2 heterocycles. The van der Waals surface area contributed by atoms with Gasteiger partial charge < -0.3 is 14.4 Å². The number of ether oxygens (including phenoxy) is 2. The molecule has 1 unspecified atom stereocenters. The van der Waals surface area contributed by atoms with Gasteiger partial charge in [0.25, 0.3) is 5.91 Å². The Bertz CT molecular complexity index is 226. The molecule has 2 saturated heterocycles. The first-order valence-corrected chi connectivity index (χ1v) is 5.78. The average molecular weight is 213 g/mol. The van der Waals surface area contributed by atoms with Crippen LogP contribution < -0.4 is 0 Å². The fourth-order valence-corrected chi connectivity index (χ4v) is 2.35. The van der Waals surface area contributed by atoms with Crippen molar-refractivity contribution in [1.29, 1.82) is 0 Å². The summed E-state index contributed by atoms with van der Waals surface area (Å²) >= 11 is 0. The van der Waals surface area contributed by atoms with Crippen LogP contribution in [-0.4, -0.2) is 43.4 Å². The SMILES string of the molecule is CO[C@H]1CCCN1C(=O)C1CCCCO1. The maximum absolute atomic E-state index is 12.1. The second kappa shape index (κ2) is 4.94. The Labute approximate surface area is 90.5 Å². The normalized spacial score (nSPS) is 31.9. The van der Waals surface area contributed by atoms with Crippen LogP contribution in [0, 0.1) is 0 Å². The predicted molar refractivity (Wildman–Crippen MR) is 55.3 cm³/mol. The van der Waals surface area contributed by atoms with Crippen molar-refractivity contribution in [3.8, 4) is 0 Å². The van der Waals surface area contributed by atoms with Gasteiger partial charge in [0.2, 0.25) is 0 Å². The van der Waals surface area contributed by atoms with E-state index in [9.17, 15) is 4.79 Å². The standard InChI is InChI=1S/C11H19NO3/c1-14-10-6-4-7-12(10)11(13)9-5-2-3-8-15-9/h9-10H,2-8H2,1H3/t9?,10-/m0/s1. The van der Waals surface area contributed by atoms with Crippen LogP contribution in [0.4, 0.5) is 0 Å². The molecule has 1 amide bonds. The number of hydrogen-bond donors (Lipinski definition) is 0. The van der Waals surface area contributed by atoms with Crippen molar-refractivity contribution in [3.05, 3.63) is 0 Å². The van der Waals surface area contributed by atoms with Crippen molar-refractivity contribution in [2.24, 2.45) is 0 Å². The van der Waals surface area contributed by atoms with E-state index in [4.69, 9.17) is 9.47 Å². The first kappa shape index (κ1) is 10.9. The van der Waals surface area contributed by atoms with Gasteiger partial charge in [-0.05, 0) is 32.1 Å². The molecule has 15 heavy (non-hydrogen) atoms. The average Bonchev–Trinajstić information content (AvgIpc) is 2.77. The molecule has 0 aromatic rings. The van der Waals surface area contributed by atoms with Crippen LogP contribution in [0.2, 0.25) is 0 Å². The van der Waals surface area contributed by atoms with E-state index in [0.717, 1.165) is 45.3 Å². The highest BCUT2D eigenvalue weighted by Crippen LogP contribution is 2.22. The minimum Gasteiger partial charge on any atom is -0.368 e. The number of amides is 1. The lowest BCUT2D eigenvalue weighted by atomic mass is 10.1. The molecule has 0 radical (unpaired) electrons. The summed E-state index contributed by atoms with van der Waals surface area (Å²) in [5.74, 6) is 0.124. The predicted octanol–water partition coefficient (Wildman–Crippen LogP) is 1.15. The number of carbonyl (C=O) groups excluding carboxylic acids is 1. The maximum atomic E-state index is 12.1. The highest BCUT2D eigenvalue weighted by atomic mass is 16.5. The number of likely N-dealkylation sites (tertiary alicyclic amines) is 1. The second-order valence-corrected chi connectivity index (χ2v) is 4.22. The molecule has 0 saturated carbocycles. The fraction of sp³-hybridized carbons (Fsp3) is 0.909. The molecule has 2 fully saturated rings. The van der Waals surface area contributed by atoms with Gasteiger partial charge in [0, 0.05) is 20.3 Å². The first-order valence-electron chi connectivity index (χ1n) is 5.78. The molecule has 86 valence electrons. The monoisotopic (exact) mass is 213 g/mol. The minimum absolute atomic E-state index is 0.0250. The zero-order chi connectivity index (χ0) is 10.7. The van der Waals surface area contributed by atoms with E-state index in [1.54, 1.807) is 7.11 Å². The summed E-state index contributed by atoms with van der Waals surface area (Å²) in [6.07, 6.45) is 4.80. The van der Waals surface area contributed by atoms with Gasteiger partial charge in [-0.25, -0.2) is 0 Å². The van der Waals surface area contributed by atoms with Gasteiger partial charge in [0.15, 0.2) is 0 Å². The number of methoxy groups -OCH3 is 1. The molecule has 0 aromatic heterocycles. The van der Waals surface area contributed by atoms with Crippen LogP contribution in [0.25, 0.3) is 0 Å². The smallest absolute Gasteiger partial charge is 0.253 e. The van der Waals surface area contributed by atoms with Crippen LogP contribution in [-0.2, 0) is 14.3 Å². The zero-order valence-electron chi connectivity index (χ0n) is 9.28. The molecule has 0 spiro atoms. The lowest BCUT2D eigenvalue weighted by Gasteiger charge is -2.29. The highest BCUT2D eigenvalue weighted by Gasteiger charge is 2.34. The van der Waals surface area contributed by atoms with Crippen LogP contribution in [0.15, 0.2) is 0 Å². The number of carbonyl (C=O) groups is 1. The van der Waals surface area contributed by atoms with E-state index in [-0.39, 0.29) is 18.2 Å². The molecular formula is C11H19NO3. The third-order valence-corrected chi connectivity index (χ3v) is 3.21. The Hall–Kier alpha value is -0.610. The van der Waals surface area contributed by atoms with E-state index in [2.05, 4.69) is 0 Å². The van der Waals surface area contributed by atoms with E-state index in [1.807, 2.05) is 4.90 Å². The number of hydrogen-bond acceptors (Lipinski definition) is 3. The van der Waals surface area contributed by atoms with Crippen molar-refractivity contribution >= 4 is 5.91 Å². The fourth-order valence-electron chi connectivity index (χ4n) is 2.35. The Morgan fingerprint density at radius 3 is 2.87 bits per heavy atom. The van der Waals surface area contributed by atoms with Crippen molar-refractivity contribution in [2.45, 2.75) is 44.4 Å². The van der Waals surface area contributed by atoms with Gasteiger partial charge in [-0.1, -0.05) is 0 Å². The van der Waals surface area contributed by atoms with Gasteiger partial charge in [-0.15, -0.1) is 0 Å². The van der Waals surface area contributed by atoms with E-state index in [0.29, 0.717) is 0 Å². The molecule has 0 aromatic carbocycles. The summed E-state index contributed by atoms with van der Waals surface area (Å²) < 4.78 is 10.8. The number of nitrogens with zero attached hydrogens (tertiary/aromatic N) is 1. The molecule has 2 atom stereocenters. The molecule has 4 nitrogen and oxygen atoms in total. The van der Waals surface area contributed by atoms with Crippen molar-refractivity contribution in [1.82, 2.24) is 4.90 Å². The summed E-state index contributed by atoms with van der Waals surface area (Å²) in [4.78, 5) is 13.9. The molecule has 2 aliphatic heterocycles. The Kier molecular flexibility index (Phi) is 3.59. The van der Waals surface area contributed by atoms with Gasteiger partial charge in [0.05, 0.1) is 0 Å². The summed E-state index contributed by atoms with van der Waals surface area (Å²) in [5.41, 5.74) is 0. The van der Waals surface area contributed by atoms with Crippen molar-refractivity contribution in [2.75, 3.05) is 20.3 Å². The lowest BCUT2D eigenvalue weighted by Crippen LogP contribution is -2.44. The Morgan fingerprint density at radius 1 is 1.33 bits per heavy atom. The van der Waals surface area contributed by atoms with Gasteiger partial charge in [-0.3, -0.25) is 4.79 Å². The topological polar surface area (TPSA) is 38.8 Å². The van der Waals surface area contributed by atoms with Crippen molar-refractivity contribution < 1.29 is 14.3 Å². The van der Waals surface area contributed by atoms with Gasteiger partial charge in [-0.2, -0.15) is 0 Å². The molecule has 4 heteroatoms. The maximum Gasteiger partial charge on any atom is 0.253 e. The van der Waals surface area contributed by atoms with E-state index >= 15 is 0 Å². The minimum atomic E-state index is -0.213. The highest BCUT2D eigenvalue weighted by molar-refractivity contribution is 5.81. The Morgan fingerprint density at radius 2 is 2.20 bits per heavy atom. The third-order valence-electron chi connectivity index (χ3n) is 3.21. The molecular weight excluding hydrogens is 194 g/mol. The quantitative estimate of drug-likeness (QED) is 0.690. The number of rotatable bonds is 2. The summed E-state index contributed by atoms with van der Waals surface area (Å²) in [6.45, 7) is 1.54. The molecule has 2 rings (SSSR count). The summed E-state index contributed by atoms with van der Waals surface area (Å²) in [7, 11) is 1.66. The largest absolute Gasteiger partial charge is 0.368 e. The van der Waals surface area contributed by atoms with Crippen LogP contribution in [0.5, 0.6) is 0 Å². The van der Waals surface area contributed by atoms with Crippen LogP contribution in [0.3, 0.4) is 0 Å². The van der Waals surface area contributed by atoms with E-state index in [1.165, 1.54) is 0 Å². The summed E-state index contributed by atoms with van der Waals surface area (Å²) in [6, 6.07) is 0. The van der Waals surface area contributed by atoms with Crippen LogP contribution >= 0.6 is 0 Å². The molecule has 0 N–H and O–H groups in total. The van der Waals surface area contributed by atoms with Crippen molar-refractivity contribution in [3.63, 3.8) is 0 Å². The molecule has 2 aliphatic rings. The molecule has 0 aliphatic carbocycles. The Balaban J connectivity index is 1.93. The van der Waals surface area contributed by atoms with Gasteiger partial charge in [0.1, 0.15) is 12.3 Å². The lowest BCUT2D eigenvalue weighted by molar-refractivity contribution is -0.155. The second-order valence-electron chi connectivity index (χ2n) is 4.22. The summed E-state index contributed by atoms with van der Waals surface area (Å²) in [5, 5.41) is 0. The van der Waals surface area contributed by atoms with E-state index < -0.39 is 0 Å². The van der Waals surface area contributed by atoms with Gasteiger partial charge >= 0.3 is 0 Å². The first-order chi connectivity index (χ1) is 7.33. The molecule has 0 bridgehead atoms. The zero-order valence-corrected chi connectivity index (χ0v) is 9.28. The third kappa shape index (κ3) is 2.32.